The molecular formula is C12H15ClN2O. The van der Waals surface area contributed by atoms with E-state index in [0.717, 1.165) is 23.6 Å². The van der Waals surface area contributed by atoms with Gasteiger partial charge in [0.25, 0.3) is 0 Å². The topological polar surface area (TPSA) is 46.3 Å². The third-order valence-corrected chi connectivity index (χ3v) is 3.56. The third-order valence-electron chi connectivity index (χ3n) is 3.20. The van der Waals surface area contributed by atoms with Gasteiger partial charge in [-0.2, -0.15) is 0 Å². The molecule has 1 aromatic rings. The molecule has 2 N–H and O–H groups in total. The van der Waals surface area contributed by atoms with Crippen LogP contribution < -0.4 is 5.73 Å². The second-order valence-electron chi connectivity index (χ2n) is 4.18. The molecule has 0 saturated heterocycles. The van der Waals surface area contributed by atoms with Crippen LogP contribution in [0, 0.1) is 0 Å². The van der Waals surface area contributed by atoms with Crippen molar-refractivity contribution in [3.63, 3.8) is 0 Å². The zero-order valence-corrected chi connectivity index (χ0v) is 10.00. The van der Waals surface area contributed by atoms with E-state index in [2.05, 4.69) is 11.0 Å². The van der Waals surface area contributed by atoms with E-state index in [-0.39, 0.29) is 11.9 Å². The van der Waals surface area contributed by atoms with Crippen LogP contribution in [0.3, 0.4) is 0 Å². The molecule has 0 bridgehead atoms. The highest BCUT2D eigenvalue weighted by atomic mass is 35.5. The second-order valence-corrected chi connectivity index (χ2v) is 4.58. The van der Waals surface area contributed by atoms with Gasteiger partial charge in [0.2, 0.25) is 5.91 Å². The lowest BCUT2D eigenvalue weighted by Crippen LogP contribution is -2.45. The highest BCUT2D eigenvalue weighted by molar-refractivity contribution is 6.31. The van der Waals surface area contributed by atoms with Gasteiger partial charge in [-0.3, -0.25) is 9.69 Å². The van der Waals surface area contributed by atoms with Gasteiger partial charge in [-0.25, -0.2) is 0 Å². The molecule has 2 rings (SSSR count). The third kappa shape index (κ3) is 2.06. The predicted octanol–water partition coefficient (Wildman–Crippen LogP) is 1.57. The molecule has 0 aliphatic carbocycles. The van der Waals surface area contributed by atoms with E-state index in [1.807, 2.05) is 19.1 Å². The highest BCUT2D eigenvalue weighted by Gasteiger charge is 2.24. The molecule has 4 heteroatoms. The lowest BCUT2D eigenvalue weighted by Gasteiger charge is -2.32. The van der Waals surface area contributed by atoms with Crippen LogP contribution in [0.2, 0.25) is 5.02 Å². The monoisotopic (exact) mass is 238 g/mol. The normalized spacial score (nSPS) is 17.9. The lowest BCUT2D eigenvalue weighted by atomic mass is 9.98. The first kappa shape index (κ1) is 11.4. The molecule has 1 aliphatic rings. The van der Waals surface area contributed by atoms with Gasteiger partial charge >= 0.3 is 0 Å². The maximum atomic E-state index is 11.1. The van der Waals surface area contributed by atoms with Crippen LogP contribution in [0.1, 0.15) is 18.1 Å². The fourth-order valence-electron chi connectivity index (χ4n) is 2.07. The Morgan fingerprint density at radius 3 is 3.00 bits per heavy atom. The molecular weight excluding hydrogens is 224 g/mol. The minimum atomic E-state index is -0.282. The Balaban J connectivity index is 2.23. The van der Waals surface area contributed by atoms with Crippen LogP contribution in [0.25, 0.3) is 0 Å². The number of hydrogen-bond acceptors (Lipinski definition) is 2. The molecule has 0 saturated carbocycles. The molecule has 3 nitrogen and oxygen atoms in total. The van der Waals surface area contributed by atoms with Crippen LogP contribution in [0.5, 0.6) is 0 Å². The summed E-state index contributed by atoms with van der Waals surface area (Å²) < 4.78 is 0. The van der Waals surface area contributed by atoms with Crippen LogP contribution in [-0.4, -0.2) is 23.4 Å². The quantitative estimate of drug-likeness (QED) is 0.850. The zero-order chi connectivity index (χ0) is 11.7. The average molecular weight is 239 g/mol. The predicted molar refractivity (Wildman–Crippen MR) is 64.2 cm³/mol. The molecule has 0 fully saturated rings. The Labute approximate surface area is 100 Å². The number of carbonyl (C=O) groups is 1. The van der Waals surface area contributed by atoms with Crippen LogP contribution in [0.4, 0.5) is 0 Å². The van der Waals surface area contributed by atoms with Crippen molar-refractivity contribution >= 4 is 17.5 Å². The molecule has 1 aromatic carbocycles. The largest absolute Gasteiger partial charge is 0.368 e. The first-order valence-corrected chi connectivity index (χ1v) is 5.77. The summed E-state index contributed by atoms with van der Waals surface area (Å²) in [5.41, 5.74) is 7.72. The summed E-state index contributed by atoms with van der Waals surface area (Å²) in [5.74, 6) is -0.282. The summed E-state index contributed by atoms with van der Waals surface area (Å²) in [5, 5.41) is 0.777. The van der Waals surface area contributed by atoms with Crippen molar-refractivity contribution in [2.45, 2.75) is 25.9 Å². The number of fused-ring (bicyclic) bond motifs is 1. The number of carbonyl (C=O) groups excluding carboxylic acids is 1. The lowest BCUT2D eigenvalue weighted by molar-refractivity contribution is -0.123. The number of amides is 1. The Hall–Kier alpha value is -1.06. The number of benzene rings is 1. The van der Waals surface area contributed by atoms with Gasteiger partial charge in [0, 0.05) is 18.1 Å². The maximum absolute atomic E-state index is 11.1. The van der Waals surface area contributed by atoms with Crippen LogP contribution >= 0.6 is 11.6 Å². The number of rotatable bonds is 2. The fourth-order valence-corrected chi connectivity index (χ4v) is 2.33. The molecule has 86 valence electrons. The van der Waals surface area contributed by atoms with Crippen molar-refractivity contribution in [1.29, 1.82) is 0 Å². The Bertz CT molecular complexity index is 419. The summed E-state index contributed by atoms with van der Waals surface area (Å²) in [6, 6.07) is 5.71. The van der Waals surface area contributed by atoms with E-state index >= 15 is 0 Å². The number of halogens is 1. The van der Waals surface area contributed by atoms with Crippen LogP contribution in [0.15, 0.2) is 18.2 Å². The van der Waals surface area contributed by atoms with Crippen molar-refractivity contribution < 1.29 is 4.79 Å². The number of hydrogen-bond donors (Lipinski definition) is 1. The van der Waals surface area contributed by atoms with E-state index in [0.29, 0.717) is 6.54 Å². The molecule has 1 amide bonds. The van der Waals surface area contributed by atoms with E-state index in [9.17, 15) is 4.79 Å². The first-order chi connectivity index (χ1) is 7.59. The van der Waals surface area contributed by atoms with Crippen molar-refractivity contribution in [3.8, 4) is 0 Å². The average Bonchev–Trinajstić information content (AvgIpc) is 2.28. The van der Waals surface area contributed by atoms with Gasteiger partial charge < -0.3 is 5.73 Å². The maximum Gasteiger partial charge on any atom is 0.234 e. The van der Waals surface area contributed by atoms with Gasteiger partial charge in [-0.05, 0) is 30.5 Å². The fraction of sp³-hybridized carbons (Fsp3) is 0.417. The van der Waals surface area contributed by atoms with Gasteiger partial charge in [-0.15, -0.1) is 0 Å². The van der Waals surface area contributed by atoms with E-state index in [1.165, 1.54) is 5.56 Å². The standard InChI is InChI=1S/C12H15ClN2O/c1-8(12(14)16)15-6-5-9-3-2-4-11(13)10(9)7-15/h2-4,8H,5-7H2,1H3,(H2,14,16). The minimum absolute atomic E-state index is 0.232. The Morgan fingerprint density at radius 1 is 1.56 bits per heavy atom. The minimum Gasteiger partial charge on any atom is -0.368 e. The molecule has 0 radical (unpaired) electrons. The van der Waals surface area contributed by atoms with Crippen molar-refractivity contribution in [1.82, 2.24) is 4.90 Å². The molecule has 16 heavy (non-hydrogen) atoms. The van der Waals surface area contributed by atoms with E-state index in [1.54, 1.807) is 0 Å². The Morgan fingerprint density at radius 2 is 2.31 bits per heavy atom. The summed E-state index contributed by atoms with van der Waals surface area (Å²) >= 11 is 6.15. The molecule has 0 aromatic heterocycles. The summed E-state index contributed by atoms with van der Waals surface area (Å²) in [6.07, 6.45) is 0.924. The van der Waals surface area contributed by atoms with Gasteiger partial charge in [0.15, 0.2) is 0 Å². The van der Waals surface area contributed by atoms with Gasteiger partial charge in [0.05, 0.1) is 6.04 Å². The SMILES string of the molecule is CC(C(N)=O)N1CCc2cccc(Cl)c2C1. The second kappa shape index (κ2) is 4.44. The highest BCUT2D eigenvalue weighted by Crippen LogP contribution is 2.26. The van der Waals surface area contributed by atoms with Crippen molar-refractivity contribution in [3.05, 3.63) is 34.3 Å². The zero-order valence-electron chi connectivity index (χ0n) is 9.24. The smallest absolute Gasteiger partial charge is 0.234 e. The summed E-state index contributed by atoms with van der Waals surface area (Å²) in [6.45, 7) is 3.40. The summed E-state index contributed by atoms with van der Waals surface area (Å²) in [4.78, 5) is 13.2. The van der Waals surface area contributed by atoms with E-state index < -0.39 is 0 Å². The number of nitrogens with two attached hydrogens (primary N) is 1. The van der Waals surface area contributed by atoms with Gasteiger partial charge in [0.1, 0.15) is 0 Å². The Kier molecular flexibility index (Phi) is 3.17. The van der Waals surface area contributed by atoms with Crippen molar-refractivity contribution in [2.24, 2.45) is 5.73 Å². The molecule has 1 unspecified atom stereocenters. The summed E-state index contributed by atoms with van der Waals surface area (Å²) in [7, 11) is 0. The number of primary amides is 1. The molecule has 0 spiro atoms. The van der Waals surface area contributed by atoms with Crippen molar-refractivity contribution in [2.75, 3.05) is 6.54 Å². The number of nitrogens with zero attached hydrogens (tertiary/aromatic N) is 1. The van der Waals surface area contributed by atoms with Crippen LogP contribution in [-0.2, 0) is 17.8 Å². The van der Waals surface area contributed by atoms with Gasteiger partial charge in [-0.1, -0.05) is 23.7 Å². The first-order valence-electron chi connectivity index (χ1n) is 5.39. The molecule has 1 heterocycles. The molecule has 1 aliphatic heterocycles. The van der Waals surface area contributed by atoms with E-state index in [4.69, 9.17) is 17.3 Å². The molecule has 1 atom stereocenters.